The molecule has 0 heterocycles. The van der Waals surface area contributed by atoms with Crippen molar-refractivity contribution >= 4 is 24.0 Å². The maximum absolute atomic E-state index is 5.22. The number of halogens is 1. The third-order valence-corrected chi connectivity index (χ3v) is 1.32. The van der Waals surface area contributed by atoms with E-state index in [2.05, 4.69) is 12.1 Å². The first kappa shape index (κ1) is 10.9. The highest BCUT2D eigenvalue weighted by molar-refractivity contribution is 14.0. The van der Waals surface area contributed by atoms with Gasteiger partial charge in [-0.2, -0.15) is 0 Å². The largest absolute Gasteiger partial charge is 0.377 e. The quantitative estimate of drug-likeness (QED) is 0.763. The fraction of sp³-hybridized carbons (Fsp3) is 0.333. The summed E-state index contributed by atoms with van der Waals surface area (Å²) in [6.07, 6.45) is 0. The lowest BCUT2D eigenvalue weighted by Gasteiger charge is -1.98. The Morgan fingerprint density at radius 2 is 1.82 bits per heavy atom. The molecule has 0 amide bonds. The topological polar surface area (TPSA) is 9.23 Å². The molecule has 1 rings (SSSR count). The Labute approximate surface area is 84.8 Å². The van der Waals surface area contributed by atoms with Gasteiger partial charge in [0.1, 0.15) is 0 Å². The first-order valence-electron chi connectivity index (χ1n) is 3.55. The molecule has 0 aliphatic heterocycles. The lowest BCUT2D eigenvalue weighted by Crippen LogP contribution is -1.90. The van der Waals surface area contributed by atoms with Crippen LogP contribution in [0.3, 0.4) is 0 Å². The third kappa shape index (κ3) is 4.37. The van der Waals surface area contributed by atoms with Crippen LogP contribution in [0.4, 0.5) is 0 Å². The summed E-state index contributed by atoms with van der Waals surface area (Å²) in [6, 6.07) is 10.2. The number of hydrogen-bond donors (Lipinski definition) is 0. The summed E-state index contributed by atoms with van der Waals surface area (Å²) in [6.45, 7) is 3.52. The van der Waals surface area contributed by atoms with Gasteiger partial charge in [-0.1, -0.05) is 30.3 Å². The van der Waals surface area contributed by atoms with E-state index in [1.165, 1.54) is 5.56 Å². The molecule has 0 atom stereocenters. The summed E-state index contributed by atoms with van der Waals surface area (Å²) in [7, 11) is 0. The summed E-state index contributed by atoms with van der Waals surface area (Å²) >= 11 is 0. The molecule has 0 fully saturated rings. The van der Waals surface area contributed by atoms with Crippen molar-refractivity contribution in [2.24, 2.45) is 0 Å². The summed E-state index contributed by atoms with van der Waals surface area (Å²) in [5, 5.41) is 0. The molecule has 1 aromatic carbocycles. The van der Waals surface area contributed by atoms with Crippen molar-refractivity contribution in [1.82, 2.24) is 0 Å². The third-order valence-electron chi connectivity index (χ3n) is 1.32. The van der Waals surface area contributed by atoms with Crippen LogP contribution in [0.25, 0.3) is 0 Å². The number of hydrogen-bond acceptors (Lipinski definition) is 1. The van der Waals surface area contributed by atoms with Crippen LogP contribution in [0.5, 0.6) is 0 Å². The standard InChI is InChI=1S/C9H12O.HI/c1-2-10-8-9-6-4-3-5-7-9;/h3-7H,2,8H2,1H3;1H. The van der Waals surface area contributed by atoms with Crippen molar-refractivity contribution in [1.29, 1.82) is 0 Å². The van der Waals surface area contributed by atoms with Crippen LogP contribution >= 0.6 is 24.0 Å². The highest BCUT2D eigenvalue weighted by Crippen LogP contribution is 1.99. The fourth-order valence-corrected chi connectivity index (χ4v) is 0.794. The monoisotopic (exact) mass is 264 g/mol. The van der Waals surface area contributed by atoms with Gasteiger partial charge in [-0.15, -0.1) is 24.0 Å². The minimum Gasteiger partial charge on any atom is -0.377 e. The SMILES string of the molecule is CCOCc1ccccc1.I. The number of benzene rings is 1. The molecule has 62 valence electrons. The second-order valence-corrected chi connectivity index (χ2v) is 2.12. The first-order chi connectivity index (χ1) is 4.93. The molecule has 0 saturated carbocycles. The lowest BCUT2D eigenvalue weighted by atomic mass is 10.2. The smallest absolute Gasteiger partial charge is 0.0716 e. The van der Waals surface area contributed by atoms with E-state index >= 15 is 0 Å². The molecule has 0 aromatic heterocycles. The van der Waals surface area contributed by atoms with Crippen molar-refractivity contribution in [2.45, 2.75) is 13.5 Å². The second-order valence-electron chi connectivity index (χ2n) is 2.12. The van der Waals surface area contributed by atoms with Gasteiger partial charge in [0.25, 0.3) is 0 Å². The van der Waals surface area contributed by atoms with E-state index in [0.29, 0.717) is 0 Å². The van der Waals surface area contributed by atoms with E-state index in [9.17, 15) is 0 Å². The van der Waals surface area contributed by atoms with Crippen molar-refractivity contribution in [3.63, 3.8) is 0 Å². The minimum absolute atomic E-state index is 0. The predicted molar refractivity (Wildman–Crippen MR) is 57.2 cm³/mol. The van der Waals surface area contributed by atoms with Gasteiger partial charge in [0.15, 0.2) is 0 Å². The molecule has 11 heavy (non-hydrogen) atoms. The molecule has 2 heteroatoms. The molecule has 0 radical (unpaired) electrons. The van der Waals surface area contributed by atoms with E-state index in [4.69, 9.17) is 4.74 Å². The van der Waals surface area contributed by atoms with Crippen molar-refractivity contribution < 1.29 is 4.74 Å². The maximum Gasteiger partial charge on any atom is 0.0716 e. The van der Waals surface area contributed by atoms with Gasteiger partial charge in [0.2, 0.25) is 0 Å². The first-order valence-corrected chi connectivity index (χ1v) is 3.55. The highest BCUT2D eigenvalue weighted by Gasteiger charge is 1.86. The molecule has 0 saturated heterocycles. The summed E-state index contributed by atoms with van der Waals surface area (Å²) in [4.78, 5) is 0. The van der Waals surface area contributed by atoms with Crippen LogP contribution in [-0.2, 0) is 11.3 Å². The van der Waals surface area contributed by atoms with E-state index in [1.807, 2.05) is 25.1 Å². The van der Waals surface area contributed by atoms with Gasteiger partial charge in [-0.05, 0) is 12.5 Å². The maximum atomic E-state index is 5.22. The Morgan fingerprint density at radius 3 is 2.36 bits per heavy atom. The number of ether oxygens (including phenoxy) is 1. The average molecular weight is 264 g/mol. The number of rotatable bonds is 3. The fourth-order valence-electron chi connectivity index (χ4n) is 0.794. The molecule has 0 unspecified atom stereocenters. The zero-order valence-electron chi connectivity index (χ0n) is 6.62. The molecule has 1 aromatic rings. The van der Waals surface area contributed by atoms with Crippen molar-refractivity contribution in [3.05, 3.63) is 35.9 Å². The molecule has 0 bridgehead atoms. The van der Waals surface area contributed by atoms with Crippen LogP contribution < -0.4 is 0 Å². The zero-order valence-corrected chi connectivity index (χ0v) is 8.95. The predicted octanol–water partition coefficient (Wildman–Crippen LogP) is 2.84. The molecule has 0 aliphatic carbocycles. The molecule has 0 N–H and O–H groups in total. The van der Waals surface area contributed by atoms with Gasteiger partial charge < -0.3 is 4.74 Å². The highest BCUT2D eigenvalue weighted by atomic mass is 127. The van der Waals surface area contributed by atoms with Gasteiger partial charge in [0.05, 0.1) is 6.61 Å². The van der Waals surface area contributed by atoms with Gasteiger partial charge in [0, 0.05) is 6.61 Å². The molecular formula is C9H13IO. The molecule has 1 nitrogen and oxygen atoms in total. The van der Waals surface area contributed by atoms with Crippen molar-refractivity contribution in [2.75, 3.05) is 6.61 Å². The van der Waals surface area contributed by atoms with Gasteiger partial charge >= 0.3 is 0 Å². The summed E-state index contributed by atoms with van der Waals surface area (Å²) < 4.78 is 5.22. The Kier molecular flexibility index (Phi) is 6.56. The van der Waals surface area contributed by atoms with E-state index in [-0.39, 0.29) is 24.0 Å². The van der Waals surface area contributed by atoms with E-state index in [0.717, 1.165) is 13.2 Å². The average Bonchev–Trinajstić information content (AvgIpc) is 2.03. The Bertz CT molecular complexity index is 174. The normalized spacial score (nSPS) is 8.82. The minimum atomic E-state index is 0. The Balaban J connectivity index is 0.000001000. The summed E-state index contributed by atoms with van der Waals surface area (Å²) in [5.74, 6) is 0. The van der Waals surface area contributed by atoms with Gasteiger partial charge in [-0.3, -0.25) is 0 Å². The Hall–Kier alpha value is -0.0900. The molecule has 0 spiro atoms. The van der Waals surface area contributed by atoms with E-state index in [1.54, 1.807) is 0 Å². The molecule has 0 aliphatic rings. The Morgan fingerprint density at radius 1 is 1.18 bits per heavy atom. The van der Waals surface area contributed by atoms with Crippen LogP contribution in [-0.4, -0.2) is 6.61 Å². The van der Waals surface area contributed by atoms with Crippen LogP contribution in [0.1, 0.15) is 12.5 Å². The van der Waals surface area contributed by atoms with Crippen LogP contribution in [0.2, 0.25) is 0 Å². The second kappa shape index (κ2) is 6.61. The molecular weight excluding hydrogens is 251 g/mol. The zero-order chi connectivity index (χ0) is 7.23. The lowest BCUT2D eigenvalue weighted by molar-refractivity contribution is 0.134. The van der Waals surface area contributed by atoms with E-state index < -0.39 is 0 Å². The van der Waals surface area contributed by atoms with Crippen molar-refractivity contribution in [3.8, 4) is 0 Å². The van der Waals surface area contributed by atoms with Crippen LogP contribution in [0, 0.1) is 0 Å². The van der Waals surface area contributed by atoms with Crippen LogP contribution in [0.15, 0.2) is 30.3 Å². The van der Waals surface area contributed by atoms with Gasteiger partial charge in [-0.25, -0.2) is 0 Å². The summed E-state index contributed by atoms with van der Waals surface area (Å²) in [5.41, 5.74) is 1.24.